The fourth-order valence-corrected chi connectivity index (χ4v) is 1.54. The van der Waals surface area contributed by atoms with E-state index in [2.05, 4.69) is 10.3 Å². The van der Waals surface area contributed by atoms with E-state index >= 15 is 0 Å². The summed E-state index contributed by atoms with van der Waals surface area (Å²) in [6.07, 6.45) is 0. The number of rotatable bonds is 2. The fourth-order valence-electron chi connectivity index (χ4n) is 0.809. The summed E-state index contributed by atoms with van der Waals surface area (Å²) < 4.78 is 0. The Balaban J connectivity index is 2.77. The summed E-state index contributed by atoms with van der Waals surface area (Å²) in [5.74, 6) is -0.360. The first kappa shape index (κ1) is 10.6. The SMILES string of the molecule is CC(=O)Nc1nc(C(=O)N(C)C)cs1. The molecule has 6 heteroatoms. The van der Waals surface area contributed by atoms with Gasteiger partial charge in [-0.2, -0.15) is 0 Å². The van der Waals surface area contributed by atoms with Gasteiger partial charge in [-0.15, -0.1) is 11.3 Å². The summed E-state index contributed by atoms with van der Waals surface area (Å²) in [5, 5.41) is 4.58. The largest absolute Gasteiger partial charge is 0.343 e. The van der Waals surface area contributed by atoms with Gasteiger partial charge in [0, 0.05) is 26.4 Å². The molecule has 0 fully saturated rings. The smallest absolute Gasteiger partial charge is 0.272 e. The molecule has 2 amide bonds. The van der Waals surface area contributed by atoms with Crippen molar-refractivity contribution < 1.29 is 9.59 Å². The highest BCUT2D eigenvalue weighted by Crippen LogP contribution is 2.15. The van der Waals surface area contributed by atoms with E-state index < -0.39 is 0 Å². The lowest BCUT2D eigenvalue weighted by molar-refractivity contribution is -0.114. The predicted molar refractivity (Wildman–Crippen MR) is 54.4 cm³/mol. The normalized spacial score (nSPS) is 9.64. The Labute approximate surface area is 85.7 Å². The first-order valence-electron chi connectivity index (χ1n) is 3.95. The van der Waals surface area contributed by atoms with Crippen molar-refractivity contribution in [3.05, 3.63) is 11.1 Å². The lowest BCUT2D eigenvalue weighted by atomic mass is 10.4. The maximum absolute atomic E-state index is 11.4. The average Bonchev–Trinajstić information content (AvgIpc) is 2.50. The van der Waals surface area contributed by atoms with Gasteiger partial charge in [0.25, 0.3) is 5.91 Å². The zero-order valence-electron chi connectivity index (χ0n) is 8.20. The number of aromatic nitrogens is 1. The van der Waals surface area contributed by atoms with Crippen LogP contribution in [0.15, 0.2) is 5.38 Å². The highest BCUT2D eigenvalue weighted by molar-refractivity contribution is 7.14. The van der Waals surface area contributed by atoms with Gasteiger partial charge in [0.2, 0.25) is 5.91 Å². The van der Waals surface area contributed by atoms with Gasteiger partial charge >= 0.3 is 0 Å². The highest BCUT2D eigenvalue weighted by Gasteiger charge is 2.12. The van der Waals surface area contributed by atoms with Gasteiger partial charge in [-0.3, -0.25) is 9.59 Å². The molecule has 14 heavy (non-hydrogen) atoms. The zero-order chi connectivity index (χ0) is 10.7. The highest BCUT2D eigenvalue weighted by atomic mass is 32.1. The van der Waals surface area contributed by atoms with E-state index in [-0.39, 0.29) is 11.8 Å². The molecule has 0 unspecified atom stereocenters. The van der Waals surface area contributed by atoms with Crippen LogP contribution in [-0.4, -0.2) is 35.8 Å². The molecule has 5 nitrogen and oxygen atoms in total. The first-order chi connectivity index (χ1) is 6.50. The molecule has 76 valence electrons. The summed E-state index contributed by atoms with van der Waals surface area (Å²) in [7, 11) is 3.31. The maximum Gasteiger partial charge on any atom is 0.272 e. The molecule has 0 aliphatic rings. The first-order valence-corrected chi connectivity index (χ1v) is 4.83. The number of nitrogens with zero attached hydrogens (tertiary/aromatic N) is 2. The lowest BCUT2D eigenvalue weighted by Gasteiger charge is -2.06. The van der Waals surface area contributed by atoms with Crippen molar-refractivity contribution in [3.8, 4) is 0 Å². The molecular formula is C8H11N3O2S. The molecule has 1 aromatic heterocycles. The minimum Gasteiger partial charge on any atom is -0.343 e. The van der Waals surface area contributed by atoms with E-state index in [1.54, 1.807) is 19.5 Å². The van der Waals surface area contributed by atoms with Crippen LogP contribution in [0.1, 0.15) is 17.4 Å². The summed E-state index contributed by atoms with van der Waals surface area (Å²) >= 11 is 1.23. The van der Waals surface area contributed by atoms with Crippen molar-refractivity contribution in [3.63, 3.8) is 0 Å². The Morgan fingerprint density at radius 3 is 2.64 bits per heavy atom. The molecular weight excluding hydrogens is 202 g/mol. The van der Waals surface area contributed by atoms with Crippen molar-refractivity contribution in [2.45, 2.75) is 6.92 Å². The topological polar surface area (TPSA) is 62.3 Å². The third-order valence-corrected chi connectivity index (χ3v) is 2.17. The van der Waals surface area contributed by atoms with E-state index in [0.717, 1.165) is 0 Å². The summed E-state index contributed by atoms with van der Waals surface area (Å²) in [4.78, 5) is 27.5. The number of hydrogen-bond donors (Lipinski definition) is 1. The number of nitrogens with one attached hydrogen (secondary N) is 1. The van der Waals surface area contributed by atoms with Crippen LogP contribution in [0.3, 0.4) is 0 Å². The van der Waals surface area contributed by atoms with Gasteiger partial charge in [-0.05, 0) is 0 Å². The van der Waals surface area contributed by atoms with E-state index in [0.29, 0.717) is 10.8 Å². The standard InChI is InChI=1S/C8H11N3O2S/c1-5(12)9-8-10-6(4-14-8)7(13)11(2)3/h4H,1-3H3,(H,9,10,12). The molecule has 0 aliphatic heterocycles. The molecule has 0 atom stereocenters. The molecule has 0 saturated heterocycles. The van der Waals surface area contributed by atoms with E-state index in [1.165, 1.54) is 23.2 Å². The Bertz CT molecular complexity index is 359. The van der Waals surface area contributed by atoms with E-state index in [4.69, 9.17) is 0 Å². The van der Waals surface area contributed by atoms with Crippen LogP contribution < -0.4 is 5.32 Å². The second-order valence-corrected chi connectivity index (χ2v) is 3.78. The predicted octanol–water partition coefficient (Wildman–Crippen LogP) is 0.803. The van der Waals surface area contributed by atoms with Gasteiger partial charge < -0.3 is 10.2 Å². The maximum atomic E-state index is 11.4. The molecule has 0 aromatic carbocycles. The number of carbonyl (C=O) groups excluding carboxylic acids is 2. The van der Waals surface area contributed by atoms with Crippen molar-refractivity contribution >= 4 is 28.3 Å². The van der Waals surface area contributed by atoms with Gasteiger partial charge in [0.05, 0.1) is 0 Å². The van der Waals surface area contributed by atoms with Crippen molar-refractivity contribution in [2.75, 3.05) is 19.4 Å². The average molecular weight is 213 g/mol. The quantitative estimate of drug-likeness (QED) is 0.790. The van der Waals surface area contributed by atoms with Gasteiger partial charge in [0.15, 0.2) is 5.13 Å². The molecule has 1 N–H and O–H groups in total. The lowest BCUT2D eigenvalue weighted by Crippen LogP contribution is -2.22. The van der Waals surface area contributed by atoms with Crippen LogP contribution >= 0.6 is 11.3 Å². The number of amides is 2. The van der Waals surface area contributed by atoms with E-state index in [1.807, 2.05) is 0 Å². The third-order valence-electron chi connectivity index (χ3n) is 1.41. The molecule has 0 radical (unpaired) electrons. The van der Waals surface area contributed by atoms with Crippen LogP contribution in [0.5, 0.6) is 0 Å². The second kappa shape index (κ2) is 4.19. The number of thiazole rings is 1. The number of hydrogen-bond acceptors (Lipinski definition) is 4. The monoisotopic (exact) mass is 213 g/mol. The molecule has 0 aliphatic carbocycles. The van der Waals surface area contributed by atoms with E-state index in [9.17, 15) is 9.59 Å². The van der Waals surface area contributed by atoms with Crippen molar-refractivity contribution in [1.82, 2.24) is 9.88 Å². The van der Waals surface area contributed by atoms with Crippen molar-refractivity contribution in [2.24, 2.45) is 0 Å². The molecule has 1 rings (SSSR count). The van der Waals surface area contributed by atoms with Crippen LogP contribution in [-0.2, 0) is 4.79 Å². The van der Waals surface area contributed by atoms with Gasteiger partial charge in [-0.25, -0.2) is 4.98 Å². The molecule has 1 heterocycles. The minimum absolute atomic E-state index is 0.169. The number of carbonyl (C=O) groups is 2. The molecule has 1 aromatic rings. The summed E-state index contributed by atoms with van der Waals surface area (Å²) in [5.41, 5.74) is 0.351. The summed E-state index contributed by atoms with van der Waals surface area (Å²) in [6, 6.07) is 0. The Morgan fingerprint density at radius 2 is 2.14 bits per heavy atom. The fraction of sp³-hybridized carbons (Fsp3) is 0.375. The van der Waals surface area contributed by atoms with Gasteiger partial charge in [-0.1, -0.05) is 0 Å². The molecule has 0 saturated carbocycles. The summed E-state index contributed by atoms with van der Waals surface area (Å²) in [6.45, 7) is 1.40. The molecule has 0 spiro atoms. The van der Waals surface area contributed by atoms with Gasteiger partial charge in [0.1, 0.15) is 5.69 Å². The van der Waals surface area contributed by atoms with Crippen LogP contribution in [0.4, 0.5) is 5.13 Å². The van der Waals surface area contributed by atoms with Crippen LogP contribution in [0.2, 0.25) is 0 Å². The Morgan fingerprint density at radius 1 is 1.50 bits per heavy atom. The third kappa shape index (κ3) is 2.53. The van der Waals surface area contributed by atoms with Crippen molar-refractivity contribution in [1.29, 1.82) is 0 Å². The number of anilines is 1. The minimum atomic E-state index is -0.191. The second-order valence-electron chi connectivity index (χ2n) is 2.92. The Kier molecular flexibility index (Phi) is 3.19. The molecule has 0 bridgehead atoms. The van der Waals surface area contributed by atoms with Crippen LogP contribution in [0, 0.1) is 0 Å². The zero-order valence-corrected chi connectivity index (χ0v) is 9.01. The van der Waals surface area contributed by atoms with Crippen LogP contribution in [0.25, 0.3) is 0 Å². The Hall–Kier alpha value is -1.43.